The maximum Gasteiger partial charge on any atom is 0.252 e. The highest BCUT2D eigenvalue weighted by Gasteiger charge is 2.54. The van der Waals surface area contributed by atoms with E-state index < -0.39 is 0 Å². The molecule has 0 bridgehead atoms. The summed E-state index contributed by atoms with van der Waals surface area (Å²) in [6.45, 7) is 2.41. The Kier molecular flexibility index (Phi) is 7.46. The first-order valence-corrected chi connectivity index (χ1v) is 27.3. The topological polar surface area (TPSA) is 13.0 Å². The molecule has 8 heterocycles. The first-order valence-electron chi connectivity index (χ1n) is 23.7. The first kappa shape index (κ1) is 37.9. The fourth-order valence-corrected chi connectivity index (χ4v) is 17.6. The van der Waals surface area contributed by atoms with E-state index in [4.69, 9.17) is 0 Å². The SMILES string of the molecule is CCCCc1sc(I)c2c1N1c3ccc4c5c3B(c3cc6ccccc6cc3N5c3ccccc3S4)c3ccc4c(c31)N2c1ccc2c3c1B4c1cc4ccccc4cc1N3c1ccccc1S2. The molecule has 0 saturated heterocycles. The number of unbranched alkanes of at least 4 members (excludes halogenated alkanes) is 1. The number of hydrogen-bond donors (Lipinski definition) is 0. The summed E-state index contributed by atoms with van der Waals surface area (Å²) >= 11 is 8.57. The number of aryl methyl sites for hydroxylation is 1. The van der Waals surface area contributed by atoms with Crippen molar-refractivity contribution in [1.29, 1.82) is 0 Å². The van der Waals surface area contributed by atoms with E-state index in [2.05, 4.69) is 207 Å². The molecule has 4 nitrogen and oxygen atoms in total. The Labute approximate surface area is 420 Å². The minimum atomic E-state index is 0.0355. The third kappa shape index (κ3) is 4.60. The Hall–Kier alpha value is -6.04. The Morgan fingerprint density at radius 2 is 0.882 bits per heavy atom. The zero-order valence-corrected chi connectivity index (χ0v) is 41.3. The van der Waals surface area contributed by atoms with Gasteiger partial charge >= 0.3 is 0 Å². The van der Waals surface area contributed by atoms with Crippen LogP contribution in [0.1, 0.15) is 24.6 Å². The van der Waals surface area contributed by atoms with Gasteiger partial charge in [0.25, 0.3) is 13.4 Å². The van der Waals surface area contributed by atoms with E-state index in [1.807, 2.05) is 34.9 Å². The van der Waals surface area contributed by atoms with Crippen LogP contribution in [0.15, 0.2) is 177 Å². The first-order chi connectivity index (χ1) is 33.6. The van der Waals surface area contributed by atoms with Gasteiger partial charge in [-0.2, -0.15) is 0 Å². The van der Waals surface area contributed by atoms with Crippen molar-refractivity contribution in [3.63, 3.8) is 0 Å². The molecule has 0 saturated carbocycles. The molecule has 7 aliphatic rings. The standard InChI is InChI=1S/C58H35B2IN4S3/c1-2-3-18-47-56-57(58(61)68-47)65-42-24-26-49-55-51(42)60(38-28-32-13-5-7-15-34(32)30-44(38)63(55)40-17-9-11-20-46(40)67-49)36-22-21-35-52(53(36)65)64(56)41-23-25-48-54-50(41)59(35)37-27-31-12-4-6-14-33(31)29-43(37)62(54)39-16-8-10-19-45(39)66-48/h4-17,19-30H,2-3,18H2,1H3. The molecule has 0 spiro atoms. The van der Waals surface area contributed by atoms with Gasteiger partial charge in [-0.15, -0.1) is 11.3 Å². The molecular weight excluding hydrogens is 997 g/mol. The molecule has 0 amide bonds. The number of benzene rings is 9. The van der Waals surface area contributed by atoms with Crippen LogP contribution in [-0.4, -0.2) is 13.4 Å². The number of thiophene rings is 1. The van der Waals surface area contributed by atoms with Crippen LogP contribution in [0.25, 0.3) is 21.5 Å². The van der Waals surface area contributed by atoms with Crippen molar-refractivity contribution in [3.8, 4) is 0 Å². The van der Waals surface area contributed by atoms with Gasteiger partial charge in [0.1, 0.15) is 0 Å². The van der Waals surface area contributed by atoms with Crippen molar-refractivity contribution in [3.05, 3.63) is 165 Å². The quantitative estimate of drug-likeness (QED) is 0.128. The summed E-state index contributed by atoms with van der Waals surface area (Å²) in [6, 6.07) is 61.0. The van der Waals surface area contributed by atoms with Crippen molar-refractivity contribution in [2.24, 2.45) is 0 Å². The van der Waals surface area contributed by atoms with Gasteiger partial charge in [-0.25, -0.2) is 0 Å². The third-order valence-corrected chi connectivity index (χ3v) is 20.2. The van der Waals surface area contributed by atoms with Crippen LogP contribution in [0.2, 0.25) is 0 Å². The van der Waals surface area contributed by atoms with Crippen LogP contribution >= 0.6 is 57.5 Å². The van der Waals surface area contributed by atoms with E-state index >= 15 is 0 Å². The molecule has 68 heavy (non-hydrogen) atoms. The van der Waals surface area contributed by atoms with Crippen molar-refractivity contribution in [2.45, 2.75) is 45.8 Å². The van der Waals surface area contributed by atoms with Crippen molar-refractivity contribution >= 4 is 193 Å². The van der Waals surface area contributed by atoms with Crippen LogP contribution in [-0.2, 0) is 6.42 Å². The molecule has 1 aromatic heterocycles. The largest absolute Gasteiger partial charge is 0.309 e. The minimum absolute atomic E-state index is 0.0355. The van der Waals surface area contributed by atoms with Gasteiger partial charge in [0.15, 0.2) is 0 Å². The second kappa shape index (κ2) is 13.4. The predicted molar refractivity (Wildman–Crippen MR) is 301 cm³/mol. The predicted octanol–water partition coefficient (Wildman–Crippen LogP) is 13.4. The molecule has 10 aromatic rings. The lowest BCUT2D eigenvalue weighted by Crippen LogP contribution is -2.65. The van der Waals surface area contributed by atoms with Crippen LogP contribution < -0.4 is 52.4 Å². The minimum Gasteiger partial charge on any atom is -0.309 e. The van der Waals surface area contributed by atoms with Gasteiger partial charge in [0, 0.05) is 47.2 Å². The molecule has 0 aliphatic carbocycles. The zero-order valence-electron chi connectivity index (χ0n) is 36.7. The van der Waals surface area contributed by atoms with Crippen LogP contribution in [0.5, 0.6) is 0 Å². The molecule has 0 N–H and O–H groups in total. The van der Waals surface area contributed by atoms with Gasteiger partial charge < -0.3 is 19.6 Å². The van der Waals surface area contributed by atoms with Crippen molar-refractivity contribution < 1.29 is 0 Å². The number of hydrogen-bond acceptors (Lipinski definition) is 7. The van der Waals surface area contributed by atoms with Crippen molar-refractivity contribution in [2.75, 3.05) is 19.6 Å². The van der Waals surface area contributed by atoms with Gasteiger partial charge in [-0.05, 0) is 150 Å². The lowest BCUT2D eigenvalue weighted by Gasteiger charge is -2.52. The fourth-order valence-electron chi connectivity index (χ4n) is 13.1. The summed E-state index contributed by atoms with van der Waals surface area (Å²) in [5.41, 5.74) is 24.2. The summed E-state index contributed by atoms with van der Waals surface area (Å²) in [4.78, 5) is 17.5. The summed E-state index contributed by atoms with van der Waals surface area (Å²) in [6.07, 6.45) is 3.36. The highest BCUT2D eigenvalue weighted by atomic mass is 127. The Balaban J connectivity index is 1.01. The molecule has 9 aromatic carbocycles. The van der Waals surface area contributed by atoms with Crippen LogP contribution in [0.3, 0.4) is 0 Å². The van der Waals surface area contributed by atoms with E-state index in [-0.39, 0.29) is 13.4 Å². The molecule has 17 rings (SSSR count). The van der Waals surface area contributed by atoms with Gasteiger partial charge in [-0.3, -0.25) is 0 Å². The van der Waals surface area contributed by atoms with Crippen LogP contribution in [0, 0.1) is 2.88 Å². The lowest BCUT2D eigenvalue weighted by molar-refractivity contribution is 0.803. The molecule has 0 unspecified atom stereocenters. The molecule has 0 fully saturated rings. The smallest absolute Gasteiger partial charge is 0.252 e. The van der Waals surface area contributed by atoms with E-state index in [0.717, 1.165) is 19.3 Å². The third-order valence-electron chi connectivity index (χ3n) is 15.7. The Morgan fingerprint density at radius 1 is 0.412 bits per heavy atom. The molecule has 318 valence electrons. The number of rotatable bonds is 3. The summed E-state index contributed by atoms with van der Waals surface area (Å²) in [7, 11) is 0. The van der Waals surface area contributed by atoms with E-state index in [0.29, 0.717) is 0 Å². The van der Waals surface area contributed by atoms with Gasteiger partial charge in [0.05, 0.1) is 48.4 Å². The normalized spacial score (nSPS) is 15.1. The monoisotopic (exact) mass is 1030 g/mol. The fraction of sp³-hybridized carbons (Fsp3) is 0.0690. The summed E-state index contributed by atoms with van der Waals surface area (Å²) in [5.74, 6) is 0. The molecule has 10 heteroatoms. The average Bonchev–Trinajstić information content (AvgIpc) is 3.71. The number of fused-ring (bicyclic) bond motifs is 19. The maximum absolute atomic E-state index is 2.77. The highest BCUT2D eigenvalue weighted by molar-refractivity contribution is 14.1. The molecular formula is C58H35B2IN4S3. The maximum atomic E-state index is 2.77. The van der Waals surface area contributed by atoms with Crippen LogP contribution in [0.4, 0.5) is 68.2 Å². The second-order valence-corrected chi connectivity index (χ2v) is 24.2. The lowest BCUT2D eigenvalue weighted by atomic mass is 9.30. The average molecular weight is 1030 g/mol. The number of anilines is 12. The number of nitrogens with zero attached hydrogens (tertiary/aromatic N) is 4. The second-order valence-electron chi connectivity index (χ2n) is 19.1. The Bertz CT molecular complexity index is 4020. The summed E-state index contributed by atoms with van der Waals surface area (Å²) in [5, 5.41) is 5.11. The summed E-state index contributed by atoms with van der Waals surface area (Å²) < 4.78 is 1.35. The van der Waals surface area contributed by atoms with E-state index in [9.17, 15) is 0 Å². The van der Waals surface area contributed by atoms with Crippen molar-refractivity contribution in [1.82, 2.24) is 0 Å². The molecule has 7 aliphatic heterocycles. The van der Waals surface area contributed by atoms with Gasteiger partial charge in [-0.1, -0.05) is 134 Å². The Morgan fingerprint density at radius 3 is 1.40 bits per heavy atom. The zero-order chi connectivity index (χ0) is 44.3. The number of halogens is 1. The highest BCUT2D eigenvalue weighted by Crippen LogP contribution is 2.64. The number of para-hydroxylation sites is 2. The van der Waals surface area contributed by atoms with E-state index in [1.54, 1.807) is 0 Å². The van der Waals surface area contributed by atoms with E-state index in [1.165, 1.54) is 150 Å². The molecule has 0 radical (unpaired) electrons. The molecule has 0 atom stereocenters. The van der Waals surface area contributed by atoms with Gasteiger partial charge in [0.2, 0.25) is 0 Å².